The lowest BCUT2D eigenvalue weighted by molar-refractivity contribution is 0.567. The Morgan fingerprint density at radius 3 is 2.65 bits per heavy atom. The molecule has 0 saturated carbocycles. The molecule has 0 saturated heterocycles. The van der Waals surface area contributed by atoms with E-state index in [1.54, 1.807) is 6.26 Å². The number of hydrogen-bond acceptors (Lipinski definition) is 1. The van der Waals surface area contributed by atoms with E-state index in [1.807, 2.05) is 6.07 Å². The molecule has 0 aromatic heterocycles. The second-order valence-corrected chi connectivity index (χ2v) is 4.29. The summed E-state index contributed by atoms with van der Waals surface area (Å²) < 4.78 is 5.55. The van der Waals surface area contributed by atoms with Crippen LogP contribution in [0.2, 0.25) is 0 Å². The fourth-order valence-electron chi connectivity index (χ4n) is 2.56. The van der Waals surface area contributed by atoms with Gasteiger partial charge in [-0.1, -0.05) is 36.4 Å². The Morgan fingerprint density at radius 2 is 1.65 bits per heavy atom. The van der Waals surface area contributed by atoms with Crippen LogP contribution in [-0.4, -0.2) is 0 Å². The van der Waals surface area contributed by atoms with Gasteiger partial charge in [0.15, 0.2) is 0 Å². The molecular formula is C16H10O. The third-order valence-corrected chi connectivity index (χ3v) is 3.32. The average Bonchev–Trinajstić information content (AvgIpc) is 2.77. The summed E-state index contributed by atoms with van der Waals surface area (Å²) in [6.45, 7) is 0. The maximum Gasteiger partial charge on any atom is 0.135 e. The van der Waals surface area contributed by atoms with Crippen molar-refractivity contribution in [3.63, 3.8) is 0 Å². The molecule has 0 radical (unpaired) electrons. The molecule has 0 N–H and O–H groups in total. The minimum Gasteiger partial charge on any atom is -0.464 e. The summed E-state index contributed by atoms with van der Waals surface area (Å²) in [6.07, 6.45) is 1.73. The number of fused-ring (bicyclic) bond motifs is 5. The standard InChI is InChI=1S/C16H10O/c1-2-5-13-11(4-1)7-8-12-10-15-14(16(12)13)6-3-9-17-15/h1-10H. The molecule has 4 rings (SSSR count). The lowest BCUT2D eigenvalue weighted by atomic mass is 10.0. The first-order chi connectivity index (χ1) is 8.43. The van der Waals surface area contributed by atoms with Crippen molar-refractivity contribution in [3.8, 4) is 11.3 Å². The smallest absolute Gasteiger partial charge is 0.135 e. The molecule has 1 aliphatic heterocycles. The van der Waals surface area contributed by atoms with E-state index in [4.69, 9.17) is 4.42 Å². The van der Waals surface area contributed by atoms with Gasteiger partial charge in [-0.15, -0.1) is 0 Å². The van der Waals surface area contributed by atoms with E-state index in [0.717, 1.165) is 5.76 Å². The van der Waals surface area contributed by atoms with Crippen molar-refractivity contribution >= 4 is 21.5 Å². The van der Waals surface area contributed by atoms with Crippen LogP contribution in [0, 0.1) is 0 Å². The van der Waals surface area contributed by atoms with Gasteiger partial charge in [-0.05, 0) is 34.4 Å². The van der Waals surface area contributed by atoms with E-state index in [2.05, 4.69) is 48.5 Å². The first-order valence-corrected chi connectivity index (χ1v) is 5.71. The Morgan fingerprint density at radius 1 is 0.765 bits per heavy atom. The third-order valence-electron chi connectivity index (χ3n) is 3.32. The van der Waals surface area contributed by atoms with Crippen LogP contribution in [0.1, 0.15) is 0 Å². The first kappa shape index (κ1) is 8.82. The van der Waals surface area contributed by atoms with Crippen molar-refractivity contribution < 1.29 is 4.42 Å². The van der Waals surface area contributed by atoms with Crippen molar-refractivity contribution in [3.05, 3.63) is 60.9 Å². The van der Waals surface area contributed by atoms with Gasteiger partial charge in [0.1, 0.15) is 5.76 Å². The molecular weight excluding hydrogens is 208 g/mol. The van der Waals surface area contributed by atoms with Gasteiger partial charge < -0.3 is 4.42 Å². The van der Waals surface area contributed by atoms with E-state index >= 15 is 0 Å². The molecule has 0 unspecified atom stereocenters. The molecule has 0 amide bonds. The highest BCUT2D eigenvalue weighted by molar-refractivity contribution is 6.16. The van der Waals surface area contributed by atoms with Gasteiger partial charge >= 0.3 is 0 Å². The SMILES string of the molecule is c1coc2cc3ccc4ccccc4c3c-2c1. The average molecular weight is 218 g/mol. The molecule has 0 atom stereocenters. The minimum absolute atomic E-state index is 0.957. The Labute approximate surface area is 98.6 Å². The number of benzene rings is 2. The lowest BCUT2D eigenvalue weighted by Gasteiger charge is -2.02. The van der Waals surface area contributed by atoms with Gasteiger partial charge in [-0.3, -0.25) is 0 Å². The van der Waals surface area contributed by atoms with Crippen LogP contribution in [0.4, 0.5) is 0 Å². The molecule has 2 aliphatic rings. The highest BCUT2D eigenvalue weighted by atomic mass is 16.3. The predicted octanol–water partition coefficient (Wildman–Crippen LogP) is 4.69. The Bertz CT molecular complexity index is 795. The quantitative estimate of drug-likeness (QED) is 0.417. The predicted molar refractivity (Wildman–Crippen MR) is 70.3 cm³/mol. The third kappa shape index (κ3) is 1.14. The Hall–Kier alpha value is -2.28. The number of rotatable bonds is 0. The zero-order valence-corrected chi connectivity index (χ0v) is 9.18. The second-order valence-electron chi connectivity index (χ2n) is 4.29. The van der Waals surface area contributed by atoms with Gasteiger partial charge in [-0.2, -0.15) is 0 Å². The van der Waals surface area contributed by atoms with Crippen molar-refractivity contribution in [1.82, 2.24) is 0 Å². The molecule has 2 aromatic carbocycles. The normalized spacial score (nSPS) is 11.5. The van der Waals surface area contributed by atoms with Gasteiger partial charge in [0.25, 0.3) is 0 Å². The van der Waals surface area contributed by atoms with E-state index in [9.17, 15) is 0 Å². The second kappa shape index (κ2) is 3.11. The van der Waals surface area contributed by atoms with Crippen LogP contribution in [-0.2, 0) is 0 Å². The summed E-state index contributed by atoms with van der Waals surface area (Å²) >= 11 is 0. The van der Waals surface area contributed by atoms with Gasteiger partial charge in [0.05, 0.1) is 6.26 Å². The van der Waals surface area contributed by atoms with Crippen LogP contribution in [0.15, 0.2) is 65.3 Å². The van der Waals surface area contributed by atoms with E-state index < -0.39 is 0 Å². The van der Waals surface area contributed by atoms with Crippen LogP contribution in [0.3, 0.4) is 0 Å². The topological polar surface area (TPSA) is 13.1 Å². The fraction of sp³-hybridized carbons (Fsp3) is 0. The van der Waals surface area contributed by atoms with Crippen molar-refractivity contribution in [1.29, 1.82) is 0 Å². The molecule has 1 nitrogen and oxygen atoms in total. The van der Waals surface area contributed by atoms with E-state index in [-0.39, 0.29) is 0 Å². The molecule has 1 aliphatic carbocycles. The van der Waals surface area contributed by atoms with Crippen LogP contribution < -0.4 is 0 Å². The van der Waals surface area contributed by atoms with Crippen LogP contribution >= 0.6 is 0 Å². The molecule has 17 heavy (non-hydrogen) atoms. The number of hydrogen-bond donors (Lipinski definition) is 0. The molecule has 2 aromatic rings. The summed E-state index contributed by atoms with van der Waals surface area (Å²) in [6, 6.07) is 19.0. The Balaban J connectivity index is 2.33. The fourth-order valence-corrected chi connectivity index (χ4v) is 2.56. The lowest BCUT2D eigenvalue weighted by Crippen LogP contribution is -1.75. The van der Waals surface area contributed by atoms with Crippen molar-refractivity contribution in [2.24, 2.45) is 0 Å². The Kier molecular flexibility index (Phi) is 1.61. The van der Waals surface area contributed by atoms with Gasteiger partial charge in [0.2, 0.25) is 0 Å². The van der Waals surface area contributed by atoms with Crippen LogP contribution in [0.25, 0.3) is 32.9 Å². The summed E-state index contributed by atoms with van der Waals surface area (Å²) in [7, 11) is 0. The highest BCUT2D eigenvalue weighted by Crippen LogP contribution is 2.38. The highest BCUT2D eigenvalue weighted by Gasteiger charge is 2.13. The van der Waals surface area contributed by atoms with E-state index in [1.165, 1.54) is 27.1 Å². The summed E-state index contributed by atoms with van der Waals surface area (Å²) in [5.41, 5.74) is 1.19. The molecule has 1 heteroatoms. The zero-order valence-electron chi connectivity index (χ0n) is 9.18. The maximum absolute atomic E-state index is 5.55. The monoisotopic (exact) mass is 218 g/mol. The summed E-state index contributed by atoms with van der Waals surface area (Å²) in [4.78, 5) is 0. The van der Waals surface area contributed by atoms with Crippen LogP contribution in [0.5, 0.6) is 0 Å². The van der Waals surface area contributed by atoms with Gasteiger partial charge in [0, 0.05) is 10.9 Å². The van der Waals surface area contributed by atoms with E-state index in [0.29, 0.717) is 0 Å². The largest absolute Gasteiger partial charge is 0.464 e. The molecule has 0 spiro atoms. The summed E-state index contributed by atoms with van der Waals surface area (Å²) in [5.74, 6) is 0.957. The maximum atomic E-state index is 5.55. The minimum atomic E-state index is 0.957. The van der Waals surface area contributed by atoms with Crippen molar-refractivity contribution in [2.45, 2.75) is 0 Å². The van der Waals surface area contributed by atoms with Crippen molar-refractivity contribution in [2.75, 3.05) is 0 Å². The molecule has 1 heterocycles. The molecule has 0 bridgehead atoms. The van der Waals surface area contributed by atoms with Gasteiger partial charge in [-0.25, -0.2) is 0 Å². The zero-order chi connectivity index (χ0) is 11.2. The molecule has 0 fully saturated rings. The molecule has 80 valence electrons. The summed E-state index contributed by atoms with van der Waals surface area (Å²) in [5, 5.41) is 5.11. The first-order valence-electron chi connectivity index (χ1n) is 5.71.